The topological polar surface area (TPSA) is 70.7 Å². The van der Waals surface area contributed by atoms with Crippen LogP contribution in [0.3, 0.4) is 0 Å². The van der Waals surface area contributed by atoms with Crippen LogP contribution in [0.2, 0.25) is 0 Å². The van der Waals surface area contributed by atoms with E-state index in [0.29, 0.717) is 23.6 Å². The Bertz CT molecular complexity index is 871. The van der Waals surface area contributed by atoms with Crippen molar-refractivity contribution in [1.29, 1.82) is 0 Å². The number of nitrogens with one attached hydrogen (secondary N) is 2. The first-order valence-corrected chi connectivity index (χ1v) is 9.82. The first-order chi connectivity index (χ1) is 14.0. The van der Waals surface area contributed by atoms with Crippen LogP contribution in [-0.2, 0) is 4.79 Å². The predicted octanol–water partition coefficient (Wildman–Crippen LogP) is 3.93. The summed E-state index contributed by atoms with van der Waals surface area (Å²) < 4.78 is 5.70. The maximum absolute atomic E-state index is 12.4. The van der Waals surface area contributed by atoms with Gasteiger partial charge >= 0.3 is 0 Å². The van der Waals surface area contributed by atoms with Crippen LogP contribution in [0, 0.1) is 0 Å². The summed E-state index contributed by atoms with van der Waals surface area (Å²) in [4.78, 5) is 26.5. The normalized spacial score (nSPS) is 13.1. The fraction of sp³-hybridized carbons (Fsp3) is 0.304. The molecule has 0 aliphatic carbocycles. The van der Waals surface area contributed by atoms with Crippen LogP contribution in [-0.4, -0.2) is 43.0 Å². The number of nitrogens with zero attached hydrogens (tertiary/aromatic N) is 1. The monoisotopic (exact) mass is 393 g/mol. The molecule has 0 atom stereocenters. The van der Waals surface area contributed by atoms with Gasteiger partial charge in [-0.25, -0.2) is 0 Å². The van der Waals surface area contributed by atoms with Gasteiger partial charge in [0.15, 0.2) is 0 Å². The fourth-order valence-electron chi connectivity index (χ4n) is 3.12. The minimum absolute atomic E-state index is 0.0495. The molecule has 0 aromatic heterocycles. The molecule has 0 radical (unpaired) electrons. The van der Waals surface area contributed by atoms with Crippen molar-refractivity contribution in [2.24, 2.45) is 0 Å². The second-order valence-electron chi connectivity index (χ2n) is 7.22. The molecule has 6 heteroatoms. The number of hydrogen-bond acceptors (Lipinski definition) is 4. The van der Waals surface area contributed by atoms with E-state index in [1.165, 1.54) is 0 Å². The Morgan fingerprint density at radius 1 is 1.07 bits per heavy atom. The van der Waals surface area contributed by atoms with E-state index in [0.717, 1.165) is 37.2 Å². The summed E-state index contributed by atoms with van der Waals surface area (Å²) >= 11 is 0. The van der Waals surface area contributed by atoms with E-state index >= 15 is 0 Å². The standard InChI is InChI=1S/C23H27N3O3/c1-17(2)16-29-21-8-4-3-7-20(21)24-15-22(27)25-19-11-9-18(10-12-19)23(28)26-13-5-6-14-26/h3-4,7-12,24H,1,5-6,13-16H2,2H3,(H,25,27). The molecule has 6 nitrogen and oxygen atoms in total. The highest BCUT2D eigenvalue weighted by Crippen LogP contribution is 2.24. The van der Waals surface area contributed by atoms with Gasteiger partial charge in [0, 0.05) is 24.3 Å². The SMILES string of the molecule is C=C(C)COc1ccccc1NCC(=O)Nc1ccc(C(=O)N2CCCC2)cc1. The maximum atomic E-state index is 12.4. The van der Waals surface area contributed by atoms with E-state index in [1.54, 1.807) is 24.3 Å². The molecule has 3 rings (SSSR count). The zero-order valence-corrected chi connectivity index (χ0v) is 16.7. The summed E-state index contributed by atoms with van der Waals surface area (Å²) in [6, 6.07) is 14.5. The molecule has 1 fully saturated rings. The Kier molecular flexibility index (Phi) is 6.89. The number of anilines is 2. The van der Waals surface area contributed by atoms with Crippen LogP contribution in [0.4, 0.5) is 11.4 Å². The van der Waals surface area contributed by atoms with Crippen LogP contribution in [0.1, 0.15) is 30.1 Å². The van der Waals surface area contributed by atoms with E-state index in [1.807, 2.05) is 36.1 Å². The zero-order chi connectivity index (χ0) is 20.6. The number of carbonyl (C=O) groups excluding carboxylic acids is 2. The first kappa shape index (κ1) is 20.5. The molecule has 1 aliphatic rings. The molecular formula is C23H27N3O3. The number of hydrogen-bond donors (Lipinski definition) is 2. The van der Waals surface area contributed by atoms with Crippen molar-refractivity contribution in [3.63, 3.8) is 0 Å². The maximum Gasteiger partial charge on any atom is 0.253 e. The highest BCUT2D eigenvalue weighted by Gasteiger charge is 2.19. The molecule has 152 valence electrons. The average molecular weight is 393 g/mol. The molecule has 0 saturated carbocycles. The van der Waals surface area contributed by atoms with Gasteiger partial charge in [0.1, 0.15) is 12.4 Å². The molecule has 1 heterocycles. The molecule has 29 heavy (non-hydrogen) atoms. The number of para-hydroxylation sites is 2. The van der Waals surface area contributed by atoms with Gasteiger partial charge in [-0.3, -0.25) is 9.59 Å². The number of rotatable bonds is 8. The molecule has 2 amide bonds. The van der Waals surface area contributed by atoms with Crippen LogP contribution in [0.15, 0.2) is 60.7 Å². The zero-order valence-electron chi connectivity index (χ0n) is 16.7. The van der Waals surface area contributed by atoms with Crippen molar-refractivity contribution in [2.75, 3.05) is 36.9 Å². The minimum Gasteiger partial charge on any atom is -0.487 e. The summed E-state index contributed by atoms with van der Waals surface area (Å²) in [5, 5.41) is 5.93. The number of carbonyl (C=O) groups is 2. The van der Waals surface area contributed by atoms with Crippen LogP contribution >= 0.6 is 0 Å². The third kappa shape index (κ3) is 5.85. The van der Waals surface area contributed by atoms with Crippen LogP contribution in [0.25, 0.3) is 0 Å². The highest BCUT2D eigenvalue weighted by molar-refractivity contribution is 5.96. The summed E-state index contributed by atoms with van der Waals surface area (Å²) in [5.41, 5.74) is 2.97. The molecule has 2 aromatic carbocycles. The molecule has 1 aliphatic heterocycles. The number of benzene rings is 2. The lowest BCUT2D eigenvalue weighted by atomic mass is 10.2. The lowest BCUT2D eigenvalue weighted by Gasteiger charge is -2.15. The van der Waals surface area contributed by atoms with Gasteiger partial charge in [0.05, 0.1) is 12.2 Å². The Morgan fingerprint density at radius 2 is 1.76 bits per heavy atom. The third-order valence-corrected chi connectivity index (χ3v) is 4.61. The molecule has 0 unspecified atom stereocenters. The number of amides is 2. The second-order valence-corrected chi connectivity index (χ2v) is 7.22. The molecule has 2 N–H and O–H groups in total. The smallest absolute Gasteiger partial charge is 0.253 e. The molecule has 0 bridgehead atoms. The van der Waals surface area contributed by atoms with Crippen molar-refractivity contribution in [3.05, 3.63) is 66.2 Å². The van der Waals surface area contributed by atoms with Crippen LogP contribution in [0.5, 0.6) is 5.75 Å². The van der Waals surface area contributed by atoms with Gasteiger partial charge in [-0.15, -0.1) is 0 Å². The molecule has 0 spiro atoms. The van der Waals surface area contributed by atoms with E-state index in [2.05, 4.69) is 17.2 Å². The van der Waals surface area contributed by atoms with E-state index in [4.69, 9.17) is 4.74 Å². The quantitative estimate of drug-likeness (QED) is 0.667. The van der Waals surface area contributed by atoms with Crippen molar-refractivity contribution in [1.82, 2.24) is 4.90 Å². The number of ether oxygens (including phenoxy) is 1. The summed E-state index contributed by atoms with van der Waals surface area (Å²) in [5.74, 6) is 0.541. The van der Waals surface area contributed by atoms with Gasteiger partial charge in [0.25, 0.3) is 5.91 Å². The van der Waals surface area contributed by atoms with Crippen molar-refractivity contribution >= 4 is 23.2 Å². The van der Waals surface area contributed by atoms with Crippen LogP contribution < -0.4 is 15.4 Å². The summed E-state index contributed by atoms with van der Waals surface area (Å²) in [6.07, 6.45) is 2.13. The fourth-order valence-corrected chi connectivity index (χ4v) is 3.12. The van der Waals surface area contributed by atoms with Gasteiger partial charge in [-0.2, -0.15) is 0 Å². The van der Waals surface area contributed by atoms with Gasteiger partial charge in [0.2, 0.25) is 5.91 Å². The van der Waals surface area contributed by atoms with E-state index < -0.39 is 0 Å². The lowest BCUT2D eigenvalue weighted by Crippen LogP contribution is -2.27. The summed E-state index contributed by atoms with van der Waals surface area (Å²) in [7, 11) is 0. The molecule has 2 aromatic rings. The van der Waals surface area contributed by atoms with Crippen molar-refractivity contribution < 1.29 is 14.3 Å². The predicted molar refractivity (Wildman–Crippen MR) is 115 cm³/mol. The van der Waals surface area contributed by atoms with Gasteiger partial charge in [-0.1, -0.05) is 18.7 Å². The minimum atomic E-state index is -0.182. The lowest BCUT2D eigenvalue weighted by molar-refractivity contribution is -0.114. The van der Waals surface area contributed by atoms with Gasteiger partial charge < -0.3 is 20.3 Å². The van der Waals surface area contributed by atoms with Crippen molar-refractivity contribution in [3.8, 4) is 5.75 Å². The number of likely N-dealkylation sites (tertiary alicyclic amines) is 1. The molecular weight excluding hydrogens is 366 g/mol. The highest BCUT2D eigenvalue weighted by atomic mass is 16.5. The largest absolute Gasteiger partial charge is 0.487 e. The Morgan fingerprint density at radius 3 is 2.45 bits per heavy atom. The molecule has 1 saturated heterocycles. The second kappa shape index (κ2) is 9.78. The van der Waals surface area contributed by atoms with E-state index in [9.17, 15) is 9.59 Å². The summed E-state index contributed by atoms with van der Waals surface area (Å²) in [6.45, 7) is 7.89. The van der Waals surface area contributed by atoms with Crippen molar-refractivity contribution in [2.45, 2.75) is 19.8 Å². The van der Waals surface area contributed by atoms with E-state index in [-0.39, 0.29) is 18.4 Å². The average Bonchev–Trinajstić information content (AvgIpc) is 3.26. The third-order valence-electron chi connectivity index (χ3n) is 4.61. The Labute approximate surface area is 171 Å². The first-order valence-electron chi connectivity index (χ1n) is 9.82. The Balaban J connectivity index is 1.52. The van der Waals surface area contributed by atoms with Gasteiger partial charge in [-0.05, 0) is 61.7 Å². The Hall–Kier alpha value is -3.28.